The molecule has 7 heteroatoms. The van der Waals surface area contributed by atoms with E-state index >= 15 is 0 Å². The van der Waals surface area contributed by atoms with Crippen LogP contribution in [0.15, 0.2) is 5.38 Å². The van der Waals surface area contributed by atoms with Crippen molar-refractivity contribution in [2.45, 2.75) is 44.7 Å². The van der Waals surface area contributed by atoms with Crippen molar-refractivity contribution in [2.24, 2.45) is 0 Å². The Bertz CT molecular complexity index is 613. The second kappa shape index (κ2) is 5.61. The second-order valence-electron chi connectivity index (χ2n) is 6.34. The number of hydrogen-bond donors (Lipinski definition) is 0. The molecule has 118 valence electrons. The Balaban J connectivity index is 1.76. The Labute approximate surface area is 131 Å². The predicted octanol–water partition coefficient (Wildman–Crippen LogP) is 1.84. The molecule has 21 heavy (non-hydrogen) atoms. The molecule has 0 aromatic carbocycles. The molecule has 0 saturated carbocycles. The third kappa shape index (κ3) is 3.16. The smallest absolute Gasteiger partial charge is 0.211 e. The van der Waals surface area contributed by atoms with Crippen LogP contribution in [0.3, 0.4) is 0 Å². The van der Waals surface area contributed by atoms with Gasteiger partial charge in [-0.3, -0.25) is 4.90 Å². The summed E-state index contributed by atoms with van der Waals surface area (Å²) in [5.41, 5.74) is 0.940. The fraction of sp³-hybridized carbons (Fsp3) is 0.786. The van der Waals surface area contributed by atoms with Crippen LogP contribution in [0.5, 0.6) is 0 Å². The van der Waals surface area contributed by atoms with Crippen molar-refractivity contribution in [1.82, 2.24) is 14.2 Å². The van der Waals surface area contributed by atoms with Crippen LogP contribution in [0.4, 0.5) is 0 Å². The number of aryl methyl sites for hydroxylation is 1. The van der Waals surface area contributed by atoms with Gasteiger partial charge in [-0.15, -0.1) is 11.3 Å². The molecule has 2 fully saturated rings. The molecule has 1 atom stereocenters. The molecule has 3 rings (SSSR count). The summed E-state index contributed by atoms with van der Waals surface area (Å²) in [6.45, 7) is 5.42. The van der Waals surface area contributed by atoms with Gasteiger partial charge < -0.3 is 0 Å². The topological polar surface area (TPSA) is 53.5 Å². The van der Waals surface area contributed by atoms with Gasteiger partial charge in [0.05, 0.1) is 17.0 Å². The van der Waals surface area contributed by atoms with Crippen LogP contribution in [0, 0.1) is 6.92 Å². The quantitative estimate of drug-likeness (QED) is 0.849. The highest BCUT2D eigenvalue weighted by atomic mass is 32.2. The molecule has 3 heterocycles. The number of sulfonamides is 1. The third-order valence-corrected chi connectivity index (χ3v) is 6.81. The number of thiazole rings is 1. The summed E-state index contributed by atoms with van der Waals surface area (Å²) in [5, 5.41) is 3.20. The monoisotopic (exact) mass is 329 g/mol. The number of rotatable bonds is 3. The molecular formula is C14H23N3O2S2. The van der Waals surface area contributed by atoms with E-state index in [9.17, 15) is 8.42 Å². The summed E-state index contributed by atoms with van der Waals surface area (Å²) in [6.07, 6.45) is 5.38. The van der Waals surface area contributed by atoms with Gasteiger partial charge >= 0.3 is 0 Å². The van der Waals surface area contributed by atoms with Crippen molar-refractivity contribution < 1.29 is 8.42 Å². The van der Waals surface area contributed by atoms with Crippen LogP contribution in [-0.2, 0) is 16.6 Å². The normalized spacial score (nSPS) is 28.5. The van der Waals surface area contributed by atoms with Crippen molar-refractivity contribution in [2.75, 3.05) is 25.9 Å². The maximum absolute atomic E-state index is 12.1. The zero-order valence-corrected chi connectivity index (χ0v) is 14.3. The Morgan fingerprint density at radius 2 is 2.05 bits per heavy atom. The minimum Gasteiger partial charge on any atom is -0.296 e. The molecule has 0 N–H and O–H groups in total. The van der Waals surface area contributed by atoms with Crippen molar-refractivity contribution in [3.05, 3.63) is 16.1 Å². The first kappa shape index (κ1) is 15.4. The van der Waals surface area contributed by atoms with Gasteiger partial charge in [0.1, 0.15) is 0 Å². The van der Waals surface area contributed by atoms with E-state index in [0.717, 1.165) is 56.0 Å². The fourth-order valence-electron chi connectivity index (χ4n) is 3.89. The molecule has 0 radical (unpaired) electrons. The Morgan fingerprint density at radius 3 is 2.67 bits per heavy atom. The van der Waals surface area contributed by atoms with Gasteiger partial charge in [-0.2, -0.15) is 4.31 Å². The lowest BCUT2D eigenvalue weighted by molar-refractivity contribution is 0.0834. The van der Waals surface area contributed by atoms with Crippen LogP contribution in [0.25, 0.3) is 0 Å². The minimum atomic E-state index is -3.11. The summed E-state index contributed by atoms with van der Waals surface area (Å²) in [6, 6.07) is 0. The van der Waals surface area contributed by atoms with E-state index in [2.05, 4.69) is 15.3 Å². The summed E-state index contributed by atoms with van der Waals surface area (Å²) >= 11 is 1.68. The summed E-state index contributed by atoms with van der Waals surface area (Å²) in [7, 11) is -3.11. The summed E-state index contributed by atoms with van der Waals surface area (Å²) in [5.74, 6) is 0. The van der Waals surface area contributed by atoms with E-state index < -0.39 is 10.0 Å². The average Bonchev–Trinajstić information content (AvgIpc) is 2.96. The third-order valence-electron chi connectivity index (χ3n) is 4.62. The number of likely N-dealkylation sites (tertiary alicyclic amines) is 1. The molecular weight excluding hydrogens is 306 g/mol. The van der Waals surface area contributed by atoms with Crippen molar-refractivity contribution in [3.63, 3.8) is 0 Å². The molecule has 2 aliphatic rings. The summed E-state index contributed by atoms with van der Waals surface area (Å²) in [4.78, 5) is 6.91. The first-order valence-corrected chi connectivity index (χ1v) is 10.2. The molecule has 5 nitrogen and oxygen atoms in total. The van der Waals surface area contributed by atoms with Gasteiger partial charge in [-0.1, -0.05) is 0 Å². The molecule has 2 aliphatic heterocycles. The molecule has 1 aromatic rings. The minimum absolute atomic E-state index is 0.170. The lowest BCUT2D eigenvalue weighted by atomic mass is 9.87. The highest BCUT2D eigenvalue weighted by Crippen LogP contribution is 2.39. The maximum atomic E-state index is 12.1. The standard InChI is InChI=1S/C14H23N3O2S2/c1-12-15-13(10-20-12)9-16-7-3-5-14(11-16)6-4-8-17(14)21(2,18)19/h10H,3-9,11H2,1-2H3/t14-/m0/s1. The average molecular weight is 329 g/mol. The number of nitrogens with zero attached hydrogens (tertiary/aromatic N) is 3. The van der Waals surface area contributed by atoms with Gasteiger partial charge in [0.15, 0.2) is 0 Å². The Kier molecular flexibility index (Phi) is 4.11. The SMILES string of the molecule is Cc1nc(CN2CCC[C@]3(CCCN3S(C)(=O)=O)C2)cs1. The molecule has 0 bridgehead atoms. The number of aromatic nitrogens is 1. The molecule has 0 aliphatic carbocycles. The highest BCUT2D eigenvalue weighted by molar-refractivity contribution is 7.88. The van der Waals surface area contributed by atoms with Crippen molar-refractivity contribution in [3.8, 4) is 0 Å². The van der Waals surface area contributed by atoms with E-state index in [4.69, 9.17) is 0 Å². The van der Waals surface area contributed by atoms with Crippen LogP contribution in [0.1, 0.15) is 36.4 Å². The molecule has 1 spiro atoms. The van der Waals surface area contributed by atoms with Crippen LogP contribution in [0.2, 0.25) is 0 Å². The fourth-order valence-corrected chi connectivity index (χ4v) is 5.90. The Morgan fingerprint density at radius 1 is 1.33 bits per heavy atom. The van der Waals surface area contributed by atoms with Crippen LogP contribution < -0.4 is 0 Å². The number of hydrogen-bond acceptors (Lipinski definition) is 5. The predicted molar refractivity (Wildman–Crippen MR) is 84.9 cm³/mol. The van der Waals surface area contributed by atoms with Gasteiger partial charge in [0, 0.05) is 30.6 Å². The number of piperidine rings is 1. The first-order valence-electron chi connectivity index (χ1n) is 7.50. The van der Waals surface area contributed by atoms with Crippen molar-refractivity contribution in [1.29, 1.82) is 0 Å². The van der Waals surface area contributed by atoms with E-state index in [-0.39, 0.29) is 5.54 Å². The zero-order chi connectivity index (χ0) is 15.1. The Hall–Kier alpha value is -0.500. The lowest BCUT2D eigenvalue weighted by Crippen LogP contribution is -2.56. The van der Waals surface area contributed by atoms with E-state index in [1.54, 1.807) is 15.6 Å². The molecule has 1 aromatic heterocycles. The molecule has 0 amide bonds. The van der Waals surface area contributed by atoms with Gasteiger partial charge in [0.25, 0.3) is 0 Å². The zero-order valence-electron chi connectivity index (χ0n) is 12.7. The summed E-state index contributed by atoms with van der Waals surface area (Å²) < 4.78 is 25.9. The molecule has 0 unspecified atom stereocenters. The van der Waals surface area contributed by atoms with Crippen LogP contribution >= 0.6 is 11.3 Å². The largest absolute Gasteiger partial charge is 0.296 e. The second-order valence-corrected chi connectivity index (χ2v) is 9.30. The van der Waals surface area contributed by atoms with Gasteiger partial charge in [-0.05, 0) is 39.2 Å². The maximum Gasteiger partial charge on any atom is 0.211 e. The van der Waals surface area contributed by atoms with E-state index in [0.29, 0.717) is 6.54 Å². The highest BCUT2D eigenvalue weighted by Gasteiger charge is 2.47. The van der Waals surface area contributed by atoms with E-state index in [1.807, 2.05) is 6.92 Å². The van der Waals surface area contributed by atoms with Gasteiger partial charge in [0.2, 0.25) is 10.0 Å². The van der Waals surface area contributed by atoms with Crippen LogP contribution in [-0.4, -0.2) is 54.0 Å². The lowest BCUT2D eigenvalue weighted by Gasteiger charge is -2.44. The van der Waals surface area contributed by atoms with E-state index in [1.165, 1.54) is 6.26 Å². The first-order chi connectivity index (χ1) is 9.89. The van der Waals surface area contributed by atoms with Crippen molar-refractivity contribution >= 4 is 21.4 Å². The molecule has 2 saturated heterocycles. The van der Waals surface area contributed by atoms with Gasteiger partial charge in [-0.25, -0.2) is 13.4 Å².